The molecule has 1 heterocycles. The number of rotatable bonds is 4. The van der Waals surface area contributed by atoms with Gasteiger partial charge in [0.05, 0.1) is 5.69 Å². The lowest BCUT2D eigenvalue weighted by Crippen LogP contribution is -2.30. The number of carbonyl (C=O) groups is 2. The summed E-state index contributed by atoms with van der Waals surface area (Å²) < 4.78 is 52.2. The second-order valence-corrected chi connectivity index (χ2v) is 5.02. The Morgan fingerprint density at radius 1 is 1.22 bits per heavy atom. The first kappa shape index (κ1) is 16.9. The summed E-state index contributed by atoms with van der Waals surface area (Å²) in [6.45, 7) is -0.655. The number of benzene rings is 1. The van der Waals surface area contributed by atoms with Crippen molar-refractivity contribution < 1.29 is 31.9 Å². The van der Waals surface area contributed by atoms with Crippen LogP contribution in [0.1, 0.15) is 0 Å². The van der Waals surface area contributed by atoms with Gasteiger partial charge in [-0.3, -0.25) is 0 Å². The van der Waals surface area contributed by atoms with Crippen molar-refractivity contribution in [2.45, 2.75) is 6.18 Å². The summed E-state index contributed by atoms with van der Waals surface area (Å²) in [6.07, 6.45) is -5.23. The van der Waals surface area contributed by atoms with Gasteiger partial charge >= 0.3 is 18.1 Å². The maximum absolute atomic E-state index is 12.8. The Kier molecular flexibility index (Phi) is 4.94. The molecular weight excluding hydrogens is 340 g/mol. The second kappa shape index (κ2) is 6.73. The van der Waals surface area contributed by atoms with Crippen LogP contribution in [0.3, 0.4) is 0 Å². The van der Waals surface area contributed by atoms with E-state index in [1.54, 1.807) is 5.38 Å². The second-order valence-electron chi connectivity index (χ2n) is 4.16. The standard InChI is InChI=1S/C13H8F4N2O3S/c14-8-3-1-7(2-4-8)9-6-23-12(19-9)18-5-10(20)22-11(21)13(15,16)17/h1-4,6H,5H2,(H,18,19). The van der Waals surface area contributed by atoms with Crippen molar-refractivity contribution in [2.75, 3.05) is 11.9 Å². The Bertz CT molecular complexity index is 713. The molecule has 23 heavy (non-hydrogen) atoms. The van der Waals surface area contributed by atoms with Gasteiger partial charge in [0.2, 0.25) is 0 Å². The molecule has 10 heteroatoms. The van der Waals surface area contributed by atoms with Gasteiger partial charge in [-0.2, -0.15) is 13.2 Å². The van der Waals surface area contributed by atoms with E-state index in [9.17, 15) is 27.2 Å². The van der Waals surface area contributed by atoms with Crippen LogP contribution in [-0.4, -0.2) is 29.6 Å². The molecule has 0 aliphatic carbocycles. The molecule has 2 aromatic rings. The Morgan fingerprint density at radius 2 is 1.87 bits per heavy atom. The van der Waals surface area contributed by atoms with Gasteiger partial charge in [-0.05, 0) is 24.3 Å². The predicted molar refractivity (Wildman–Crippen MR) is 73.2 cm³/mol. The molecule has 0 radical (unpaired) electrons. The number of carbonyl (C=O) groups excluding carboxylic acids is 2. The molecule has 0 fully saturated rings. The fourth-order valence-electron chi connectivity index (χ4n) is 1.45. The Morgan fingerprint density at radius 3 is 2.48 bits per heavy atom. The molecule has 0 amide bonds. The zero-order chi connectivity index (χ0) is 17.0. The highest BCUT2D eigenvalue weighted by Gasteiger charge is 2.42. The van der Waals surface area contributed by atoms with Crippen molar-refractivity contribution in [3.05, 3.63) is 35.5 Å². The molecule has 0 bridgehead atoms. The smallest absolute Gasteiger partial charge is 0.385 e. The number of alkyl halides is 3. The average molecular weight is 348 g/mol. The van der Waals surface area contributed by atoms with Crippen LogP contribution in [0.5, 0.6) is 0 Å². The minimum Gasteiger partial charge on any atom is -0.385 e. The molecular formula is C13H8F4N2O3S. The van der Waals surface area contributed by atoms with Crippen LogP contribution in [0.4, 0.5) is 22.7 Å². The molecule has 1 aromatic carbocycles. The van der Waals surface area contributed by atoms with Gasteiger partial charge in [-0.15, -0.1) is 11.3 Å². The van der Waals surface area contributed by atoms with Crippen molar-refractivity contribution in [3.8, 4) is 11.3 Å². The number of ether oxygens (including phenoxy) is 1. The first-order valence-electron chi connectivity index (χ1n) is 6.03. The summed E-state index contributed by atoms with van der Waals surface area (Å²) in [6, 6.07) is 5.51. The van der Waals surface area contributed by atoms with Crippen LogP contribution >= 0.6 is 11.3 Å². The first-order chi connectivity index (χ1) is 10.8. The lowest BCUT2D eigenvalue weighted by atomic mass is 10.2. The summed E-state index contributed by atoms with van der Waals surface area (Å²) in [5, 5.41) is 4.29. The number of halogens is 4. The predicted octanol–water partition coefficient (Wildman–Crippen LogP) is 2.99. The Labute approximate surface area is 130 Å². The fraction of sp³-hybridized carbons (Fsp3) is 0.154. The van der Waals surface area contributed by atoms with Crippen LogP contribution in [0.15, 0.2) is 29.6 Å². The van der Waals surface area contributed by atoms with Gasteiger partial charge in [0.25, 0.3) is 0 Å². The molecule has 5 nitrogen and oxygen atoms in total. The summed E-state index contributed by atoms with van der Waals surface area (Å²) in [4.78, 5) is 25.7. The van der Waals surface area contributed by atoms with Crippen LogP contribution in [-0.2, 0) is 14.3 Å². The summed E-state index contributed by atoms with van der Waals surface area (Å²) in [5.74, 6) is -4.36. The SMILES string of the molecule is O=C(CNc1nc(-c2ccc(F)cc2)cs1)OC(=O)C(F)(F)F. The number of nitrogens with zero attached hydrogens (tertiary/aromatic N) is 1. The fourth-order valence-corrected chi connectivity index (χ4v) is 2.17. The molecule has 0 spiro atoms. The van der Waals surface area contributed by atoms with E-state index in [0.717, 1.165) is 11.3 Å². The maximum atomic E-state index is 12.8. The average Bonchev–Trinajstić information content (AvgIpc) is 2.94. The molecule has 1 N–H and O–H groups in total. The summed E-state index contributed by atoms with van der Waals surface area (Å²) >= 11 is 1.08. The zero-order valence-corrected chi connectivity index (χ0v) is 12.0. The van der Waals surface area contributed by atoms with E-state index < -0.39 is 30.5 Å². The van der Waals surface area contributed by atoms with E-state index >= 15 is 0 Å². The third-order valence-corrected chi connectivity index (χ3v) is 3.27. The molecule has 0 unspecified atom stereocenters. The van der Waals surface area contributed by atoms with Crippen LogP contribution < -0.4 is 5.32 Å². The van der Waals surface area contributed by atoms with E-state index in [1.165, 1.54) is 24.3 Å². The number of esters is 2. The van der Waals surface area contributed by atoms with Crippen molar-refractivity contribution in [3.63, 3.8) is 0 Å². The third kappa shape index (κ3) is 4.74. The van der Waals surface area contributed by atoms with Crippen molar-refractivity contribution in [1.82, 2.24) is 4.98 Å². The number of thiazole rings is 1. The van der Waals surface area contributed by atoms with E-state index in [1.807, 2.05) is 0 Å². The largest absolute Gasteiger partial charge is 0.491 e. The highest BCUT2D eigenvalue weighted by atomic mass is 32.1. The van der Waals surface area contributed by atoms with E-state index in [2.05, 4.69) is 15.0 Å². The highest BCUT2D eigenvalue weighted by molar-refractivity contribution is 7.14. The highest BCUT2D eigenvalue weighted by Crippen LogP contribution is 2.25. The molecule has 0 saturated heterocycles. The van der Waals surface area contributed by atoms with Gasteiger partial charge in [-0.1, -0.05) is 0 Å². The van der Waals surface area contributed by atoms with Gasteiger partial charge in [-0.25, -0.2) is 19.0 Å². The van der Waals surface area contributed by atoms with Crippen molar-refractivity contribution >= 4 is 28.4 Å². The summed E-state index contributed by atoms with van der Waals surface area (Å²) in [5.41, 5.74) is 1.13. The third-order valence-electron chi connectivity index (χ3n) is 2.47. The molecule has 0 saturated carbocycles. The minimum atomic E-state index is -5.23. The summed E-state index contributed by atoms with van der Waals surface area (Å²) in [7, 11) is 0. The number of anilines is 1. The van der Waals surface area contributed by atoms with Gasteiger partial charge in [0.15, 0.2) is 5.13 Å². The number of hydrogen-bond donors (Lipinski definition) is 1. The lowest BCUT2D eigenvalue weighted by molar-refractivity contribution is -0.201. The minimum absolute atomic E-state index is 0.237. The quantitative estimate of drug-likeness (QED) is 0.523. The van der Waals surface area contributed by atoms with Crippen molar-refractivity contribution in [2.24, 2.45) is 0 Å². The van der Waals surface area contributed by atoms with Crippen LogP contribution in [0, 0.1) is 5.82 Å². The van der Waals surface area contributed by atoms with E-state index in [-0.39, 0.29) is 5.13 Å². The van der Waals surface area contributed by atoms with Gasteiger partial charge < -0.3 is 10.1 Å². The van der Waals surface area contributed by atoms with Crippen molar-refractivity contribution in [1.29, 1.82) is 0 Å². The molecule has 0 aliphatic heterocycles. The number of aromatic nitrogens is 1. The zero-order valence-electron chi connectivity index (χ0n) is 11.2. The van der Waals surface area contributed by atoms with E-state index in [4.69, 9.17) is 0 Å². The lowest BCUT2D eigenvalue weighted by Gasteiger charge is -2.05. The normalized spacial score (nSPS) is 11.1. The monoisotopic (exact) mass is 348 g/mol. The van der Waals surface area contributed by atoms with Gasteiger partial charge in [0.1, 0.15) is 12.4 Å². The molecule has 122 valence electrons. The Balaban J connectivity index is 1.91. The maximum Gasteiger partial charge on any atom is 0.491 e. The Hall–Kier alpha value is -2.49. The topological polar surface area (TPSA) is 68.3 Å². The first-order valence-corrected chi connectivity index (χ1v) is 6.91. The molecule has 1 aromatic heterocycles. The van der Waals surface area contributed by atoms with Crippen LogP contribution in [0.2, 0.25) is 0 Å². The molecule has 0 atom stereocenters. The molecule has 2 rings (SSSR count). The number of hydrogen-bond acceptors (Lipinski definition) is 6. The van der Waals surface area contributed by atoms with Crippen LogP contribution in [0.25, 0.3) is 11.3 Å². The van der Waals surface area contributed by atoms with Gasteiger partial charge in [0, 0.05) is 10.9 Å². The number of nitrogens with one attached hydrogen (secondary N) is 1. The van der Waals surface area contributed by atoms with E-state index in [0.29, 0.717) is 11.3 Å². The molecule has 0 aliphatic rings.